The molecular formula is C28H30F3N7O2S. The van der Waals surface area contributed by atoms with E-state index in [1.165, 1.54) is 16.6 Å². The first kappa shape index (κ1) is 27.6. The lowest BCUT2D eigenvalue weighted by Crippen LogP contribution is -2.42. The van der Waals surface area contributed by atoms with Crippen molar-refractivity contribution in [3.05, 3.63) is 66.4 Å². The summed E-state index contributed by atoms with van der Waals surface area (Å²) in [5, 5.41) is 11.6. The van der Waals surface area contributed by atoms with Crippen LogP contribution in [0.2, 0.25) is 0 Å². The molecule has 0 atom stereocenters. The summed E-state index contributed by atoms with van der Waals surface area (Å²) in [4.78, 5) is 8.88. The van der Waals surface area contributed by atoms with Crippen molar-refractivity contribution < 1.29 is 21.6 Å². The molecule has 6 rings (SSSR count). The lowest BCUT2D eigenvalue weighted by molar-refractivity contribution is -0.160. The second kappa shape index (κ2) is 10.1. The van der Waals surface area contributed by atoms with Crippen molar-refractivity contribution in [1.82, 2.24) is 28.9 Å². The van der Waals surface area contributed by atoms with Gasteiger partial charge in [-0.2, -0.15) is 17.5 Å². The first-order valence-electron chi connectivity index (χ1n) is 13.6. The quantitative estimate of drug-likeness (QED) is 0.319. The van der Waals surface area contributed by atoms with Crippen LogP contribution in [-0.4, -0.2) is 62.6 Å². The van der Waals surface area contributed by atoms with E-state index < -0.39 is 21.6 Å². The SMILES string of the molecule is CC(C)c1nnc2cnc(-c3ccc(S(=O)(=O)N4CCC(Nc5ccc(C6(C(F)(F)F)CC6)cn5)CC4)cc3)cn12. The van der Waals surface area contributed by atoms with Gasteiger partial charge in [-0.15, -0.1) is 10.2 Å². The number of alkyl halides is 3. The zero-order valence-electron chi connectivity index (χ0n) is 22.6. The Morgan fingerprint density at radius 1 is 0.976 bits per heavy atom. The molecule has 3 aromatic heterocycles. The number of rotatable bonds is 7. The van der Waals surface area contributed by atoms with Crippen LogP contribution in [-0.2, 0) is 15.4 Å². The van der Waals surface area contributed by atoms with Crippen LogP contribution in [0.4, 0.5) is 19.0 Å². The number of benzene rings is 1. The lowest BCUT2D eigenvalue weighted by atomic mass is 9.97. The number of aromatic nitrogens is 5. The summed E-state index contributed by atoms with van der Waals surface area (Å²) >= 11 is 0. The molecule has 0 amide bonds. The Bertz CT molecular complexity index is 1660. The van der Waals surface area contributed by atoms with Crippen molar-refractivity contribution in [1.29, 1.82) is 0 Å². The molecule has 1 aromatic carbocycles. The first-order valence-corrected chi connectivity index (χ1v) is 15.0. The number of fused-ring (bicyclic) bond motifs is 1. The van der Waals surface area contributed by atoms with Gasteiger partial charge in [0.05, 0.1) is 22.2 Å². The molecule has 9 nitrogen and oxygen atoms in total. The highest BCUT2D eigenvalue weighted by molar-refractivity contribution is 7.89. The molecular weight excluding hydrogens is 555 g/mol. The number of halogens is 3. The molecule has 41 heavy (non-hydrogen) atoms. The Morgan fingerprint density at radius 3 is 2.27 bits per heavy atom. The van der Waals surface area contributed by atoms with E-state index in [2.05, 4.69) is 25.5 Å². The Kier molecular flexibility index (Phi) is 6.76. The van der Waals surface area contributed by atoms with Gasteiger partial charge in [-0.3, -0.25) is 9.38 Å². The molecule has 4 heterocycles. The van der Waals surface area contributed by atoms with Gasteiger partial charge in [0.2, 0.25) is 10.0 Å². The highest BCUT2D eigenvalue weighted by Crippen LogP contribution is 2.58. The molecule has 13 heteroatoms. The molecule has 0 unspecified atom stereocenters. The van der Waals surface area contributed by atoms with E-state index in [1.54, 1.807) is 36.5 Å². The standard InChI is InChI=1S/C28H30F3N7O2S/c1-18(2)26-36-35-25-16-32-23(17-38(25)26)19-3-6-22(7-4-19)41(39,40)37-13-9-21(10-14-37)34-24-8-5-20(15-33-24)27(11-12-27)28(29,30)31/h3-8,15-18,21H,9-14H2,1-2H3,(H,33,34). The van der Waals surface area contributed by atoms with Crippen LogP contribution in [0.3, 0.4) is 0 Å². The van der Waals surface area contributed by atoms with Crippen molar-refractivity contribution >= 4 is 21.5 Å². The third kappa shape index (κ3) is 5.05. The molecule has 216 valence electrons. The van der Waals surface area contributed by atoms with Gasteiger partial charge >= 0.3 is 6.18 Å². The number of hydrogen-bond acceptors (Lipinski definition) is 7. The normalized spacial score (nSPS) is 18.2. The zero-order chi connectivity index (χ0) is 29.0. The predicted molar refractivity (Wildman–Crippen MR) is 147 cm³/mol. The van der Waals surface area contributed by atoms with Gasteiger partial charge in [-0.05, 0) is 49.4 Å². The lowest BCUT2D eigenvalue weighted by Gasteiger charge is -2.32. The number of nitrogens with zero attached hydrogens (tertiary/aromatic N) is 6. The van der Waals surface area contributed by atoms with Crippen molar-refractivity contribution in [2.45, 2.75) is 68.0 Å². The maximum absolute atomic E-state index is 13.4. The van der Waals surface area contributed by atoms with Crippen molar-refractivity contribution in [2.24, 2.45) is 0 Å². The minimum Gasteiger partial charge on any atom is -0.367 e. The summed E-state index contributed by atoms with van der Waals surface area (Å²) in [5.74, 6) is 1.49. The van der Waals surface area contributed by atoms with Crippen molar-refractivity contribution in [3.63, 3.8) is 0 Å². The molecule has 1 aliphatic heterocycles. The zero-order valence-corrected chi connectivity index (χ0v) is 23.5. The Balaban J connectivity index is 1.09. The summed E-state index contributed by atoms with van der Waals surface area (Å²) in [6.07, 6.45) is 1.81. The third-order valence-corrected chi connectivity index (χ3v) is 9.95. The van der Waals surface area contributed by atoms with Gasteiger partial charge in [0.25, 0.3) is 0 Å². The van der Waals surface area contributed by atoms with E-state index in [1.807, 2.05) is 24.4 Å². The number of nitrogens with one attached hydrogen (secondary N) is 1. The fourth-order valence-corrected chi connectivity index (χ4v) is 6.85. The second-order valence-corrected chi connectivity index (χ2v) is 13.0. The molecule has 2 aliphatic rings. The molecule has 0 radical (unpaired) electrons. The number of hydrogen-bond donors (Lipinski definition) is 1. The van der Waals surface area contributed by atoms with Gasteiger partial charge in [0.15, 0.2) is 5.65 Å². The Morgan fingerprint density at radius 2 is 1.68 bits per heavy atom. The summed E-state index contributed by atoms with van der Waals surface area (Å²) in [5.41, 5.74) is 0.546. The third-order valence-electron chi connectivity index (χ3n) is 8.04. The molecule has 0 spiro atoms. The van der Waals surface area contributed by atoms with E-state index >= 15 is 0 Å². The first-order chi connectivity index (χ1) is 19.5. The number of anilines is 1. The Hall–Kier alpha value is -3.58. The molecule has 1 aliphatic carbocycles. The van der Waals surface area contributed by atoms with Gasteiger partial charge in [-0.25, -0.2) is 13.4 Å². The topological polar surface area (TPSA) is 105 Å². The van der Waals surface area contributed by atoms with Gasteiger partial charge in [-0.1, -0.05) is 32.0 Å². The van der Waals surface area contributed by atoms with Crippen molar-refractivity contribution in [3.8, 4) is 11.3 Å². The minimum atomic E-state index is -4.27. The molecule has 1 saturated heterocycles. The maximum Gasteiger partial charge on any atom is 0.398 e. The van der Waals surface area contributed by atoms with Crippen molar-refractivity contribution in [2.75, 3.05) is 18.4 Å². The van der Waals surface area contributed by atoms with Crippen LogP contribution in [0.5, 0.6) is 0 Å². The van der Waals surface area contributed by atoms with Crippen LogP contribution in [0.1, 0.15) is 56.8 Å². The monoisotopic (exact) mass is 585 g/mol. The maximum atomic E-state index is 13.4. The number of piperidine rings is 1. The van der Waals surface area contributed by atoms with E-state index in [0.29, 0.717) is 43.1 Å². The van der Waals surface area contributed by atoms with E-state index in [4.69, 9.17) is 0 Å². The largest absolute Gasteiger partial charge is 0.398 e. The summed E-state index contributed by atoms with van der Waals surface area (Å²) < 4.78 is 70.2. The van der Waals surface area contributed by atoms with Gasteiger partial charge < -0.3 is 5.32 Å². The smallest absolute Gasteiger partial charge is 0.367 e. The highest BCUT2D eigenvalue weighted by atomic mass is 32.2. The van der Waals surface area contributed by atoms with Crippen LogP contribution in [0.25, 0.3) is 16.9 Å². The molecule has 4 aromatic rings. The second-order valence-electron chi connectivity index (χ2n) is 11.1. The van der Waals surface area contributed by atoms with E-state index in [-0.39, 0.29) is 35.3 Å². The van der Waals surface area contributed by atoms with Gasteiger partial charge in [0, 0.05) is 43.0 Å². The van der Waals surface area contributed by atoms with E-state index in [9.17, 15) is 21.6 Å². The molecule has 1 saturated carbocycles. The molecule has 0 bridgehead atoms. The average molecular weight is 586 g/mol. The summed E-state index contributed by atoms with van der Waals surface area (Å²) in [6.45, 7) is 4.71. The summed E-state index contributed by atoms with van der Waals surface area (Å²) in [6, 6.07) is 9.70. The summed E-state index contributed by atoms with van der Waals surface area (Å²) in [7, 11) is -3.69. The molecule has 2 fully saturated rings. The van der Waals surface area contributed by atoms with E-state index in [0.717, 1.165) is 11.4 Å². The fraction of sp³-hybridized carbons (Fsp3) is 0.429. The van der Waals surface area contributed by atoms with Crippen LogP contribution in [0.15, 0.2) is 59.9 Å². The molecule has 1 N–H and O–H groups in total. The fourth-order valence-electron chi connectivity index (χ4n) is 5.38. The average Bonchev–Trinajstić information content (AvgIpc) is 3.67. The minimum absolute atomic E-state index is 0.0333. The van der Waals surface area contributed by atoms with Crippen LogP contribution < -0.4 is 5.32 Å². The Labute approximate surface area is 235 Å². The number of sulfonamides is 1. The highest BCUT2D eigenvalue weighted by Gasteiger charge is 2.64. The van der Waals surface area contributed by atoms with Crippen LogP contribution >= 0.6 is 0 Å². The number of pyridine rings is 1. The van der Waals surface area contributed by atoms with Gasteiger partial charge in [0.1, 0.15) is 11.6 Å². The predicted octanol–water partition coefficient (Wildman–Crippen LogP) is 5.17. The van der Waals surface area contributed by atoms with Crippen LogP contribution in [0, 0.1) is 0 Å².